The van der Waals surface area contributed by atoms with Crippen LogP contribution >= 0.6 is 15.9 Å². The monoisotopic (exact) mass is 410 g/mol. The molecule has 3 aliphatic rings. The Morgan fingerprint density at radius 1 is 1.08 bits per heavy atom. The Kier molecular flexibility index (Phi) is 3.63. The fourth-order valence-electron chi connectivity index (χ4n) is 4.80. The predicted octanol–water partition coefficient (Wildman–Crippen LogP) is 3.96. The van der Waals surface area contributed by atoms with Gasteiger partial charge in [0, 0.05) is 10.9 Å². The summed E-state index contributed by atoms with van der Waals surface area (Å²) in [5, 5.41) is 38.7. The Balaban J connectivity index is 1.99. The van der Waals surface area contributed by atoms with E-state index in [1.165, 1.54) is 0 Å². The number of hydrogen-bond acceptors (Lipinski definition) is 6. The van der Waals surface area contributed by atoms with Crippen molar-refractivity contribution < 1.29 is 9.47 Å². The number of nitrogens with one attached hydrogen (secondary N) is 1. The largest absolute Gasteiger partial charge is 0.447 e. The molecule has 2 aliphatic heterocycles. The van der Waals surface area contributed by atoms with Crippen LogP contribution < -0.4 is 0 Å². The average molecular weight is 411 g/mol. The van der Waals surface area contributed by atoms with Crippen LogP contribution in [0.2, 0.25) is 0 Å². The van der Waals surface area contributed by atoms with Gasteiger partial charge in [-0.2, -0.15) is 15.8 Å². The van der Waals surface area contributed by atoms with Gasteiger partial charge in [-0.15, -0.1) is 0 Å². The fraction of sp³-hybridized carbons (Fsp3) is 0.474. The molecular weight excluding hydrogens is 396 g/mol. The SMILES string of the molecule is N#CC1(C#N)[C@@H](c2ccc(Br)cc2)O[C@@]23CCCC[C@H]2[C@@]1(C#N)C(=N)O3. The van der Waals surface area contributed by atoms with E-state index in [-0.39, 0.29) is 5.90 Å². The third-order valence-electron chi connectivity index (χ3n) is 5.99. The van der Waals surface area contributed by atoms with Crippen molar-refractivity contribution in [2.24, 2.45) is 16.7 Å². The molecule has 2 heterocycles. The van der Waals surface area contributed by atoms with Crippen LogP contribution in [0, 0.1) is 56.2 Å². The Bertz CT molecular complexity index is 895. The maximum absolute atomic E-state index is 10.1. The van der Waals surface area contributed by atoms with E-state index in [1.807, 2.05) is 0 Å². The highest BCUT2D eigenvalue weighted by Gasteiger charge is 2.80. The van der Waals surface area contributed by atoms with E-state index < -0.39 is 28.6 Å². The van der Waals surface area contributed by atoms with Crippen molar-refractivity contribution in [3.8, 4) is 18.2 Å². The lowest BCUT2D eigenvalue weighted by Crippen LogP contribution is -2.60. The van der Waals surface area contributed by atoms with Gasteiger partial charge in [-0.3, -0.25) is 5.41 Å². The van der Waals surface area contributed by atoms with Crippen molar-refractivity contribution in [2.75, 3.05) is 0 Å². The predicted molar refractivity (Wildman–Crippen MR) is 93.2 cm³/mol. The maximum Gasteiger partial charge on any atom is 0.217 e. The highest BCUT2D eigenvalue weighted by molar-refractivity contribution is 9.10. The van der Waals surface area contributed by atoms with Crippen molar-refractivity contribution in [1.29, 1.82) is 21.2 Å². The summed E-state index contributed by atoms with van der Waals surface area (Å²) < 4.78 is 13.0. The molecule has 130 valence electrons. The van der Waals surface area contributed by atoms with Gasteiger partial charge in [0.05, 0.1) is 24.1 Å². The second-order valence-corrected chi connectivity index (χ2v) is 7.96. The van der Waals surface area contributed by atoms with E-state index in [0.29, 0.717) is 18.4 Å². The number of halogens is 1. The molecule has 0 amide bonds. The topological polar surface area (TPSA) is 114 Å². The summed E-state index contributed by atoms with van der Waals surface area (Å²) >= 11 is 3.37. The number of hydrogen-bond donors (Lipinski definition) is 1. The standard InChI is InChI=1S/C19H15BrN4O2/c20-13-6-4-12(5-7-13)15-17(9-21,10-22)18(11-23)14-3-1-2-8-19(14,25-15)26-16(18)24/h4-7,14-15,24H,1-3,8H2/t14-,15+,18-,19+/m0/s1. The normalized spacial score (nSPS) is 36.8. The van der Waals surface area contributed by atoms with Crippen LogP contribution in [0.25, 0.3) is 0 Å². The summed E-state index contributed by atoms with van der Waals surface area (Å²) in [6.07, 6.45) is 1.87. The smallest absolute Gasteiger partial charge is 0.217 e. The van der Waals surface area contributed by atoms with Gasteiger partial charge in [-0.05, 0) is 30.5 Å². The minimum atomic E-state index is -1.85. The lowest BCUT2D eigenvalue weighted by molar-refractivity contribution is -0.294. The van der Waals surface area contributed by atoms with Gasteiger partial charge in [0.2, 0.25) is 17.1 Å². The maximum atomic E-state index is 10.1. The number of nitrogens with zero attached hydrogens (tertiary/aromatic N) is 3. The van der Waals surface area contributed by atoms with Crippen LogP contribution in [0.4, 0.5) is 0 Å². The molecule has 0 aromatic heterocycles. The molecule has 1 saturated carbocycles. The molecule has 4 atom stereocenters. The number of nitriles is 3. The molecular formula is C19H15BrN4O2. The summed E-state index contributed by atoms with van der Waals surface area (Å²) in [4.78, 5) is 0. The van der Waals surface area contributed by atoms with Crippen LogP contribution in [0.15, 0.2) is 28.7 Å². The molecule has 6 nitrogen and oxygen atoms in total. The fourth-order valence-corrected chi connectivity index (χ4v) is 5.06. The van der Waals surface area contributed by atoms with Gasteiger partial charge < -0.3 is 9.47 Å². The van der Waals surface area contributed by atoms with Gasteiger partial charge in [0.15, 0.2) is 5.41 Å². The Hall–Kier alpha value is -2.40. The van der Waals surface area contributed by atoms with E-state index in [1.54, 1.807) is 24.3 Å². The first-order valence-corrected chi connectivity index (χ1v) is 9.24. The minimum Gasteiger partial charge on any atom is -0.447 e. The van der Waals surface area contributed by atoms with Gasteiger partial charge >= 0.3 is 0 Å². The molecule has 26 heavy (non-hydrogen) atoms. The quantitative estimate of drug-likeness (QED) is 0.752. The molecule has 2 saturated heterocycles. The van der Waals surface area contributed by atoms with Gasteiger partial charge in [-0.25, -0.2) is 0 Å². The molecule has 0 radical (unpaired) electrons. The van der Waals surface area contributed by atoms with Gasteiger partial charge in [-0.1, -0.05) is 34.5 Å². The van der Waals surface area contributed by atoms with Crippen LogP contribution in [0.3, 0.4) is 0 Å². The van der Waals surface area contributed by atoms with E-state index in [0.717, 1.165) is 17.3 Å². The van der Waals surface area contributed by atoms with Crippen molar-refractivity contribution in [1.82, 2.24) is 0 Å². The first-order chi connectivity index (χ1) is 12.5. The first-order valence-electron chi connectivity index (χ1n) is 8.45. The molecule has 7 heteroatoms. The number of benzene rings is 1. The Labute approximate surface area is 159 Å². The molecule has 1 aliphatic carbocycles. The lowest BCUT2D eigenvalue weighted by atomic mass is 9.51. The third-order valence-corrected chi connectivity index (χ3v) is 6.52. The first kappa shape index (κ1) is 17.0. The van der Waals surface area contributed by atoms with Crippen molar-refractivity contribution in [3.63, 3.8) is 0 Å². The molecule has 1 aromatic rings. The molecule has 1 N–H and O–H groups in total. The van der Waals surface area contributed by atoms with Crippen molar-refractivity contribution in [3.05, 3.63) is 34.3 Å². The zero-order chi connectivity index (χ0) is 18.6. The second kappa shape index (κ2) is 5.55. The van der Waals surface area contributed by atoms with Crippen LogP contribution in [0.1, 0.15) is 37.4 Å². The molecule has 1 aromatic carbocycles. The average Bonchev–Trinajstić information content (AvgIpc) is 2.87. The number of rotatable bonds is 1. The summed E-state index contributed by atoms with van der Waals surface area (Å²) in [5.74, 6) is -1.91. The summed E-state index contributed by atoms with van der Waals surface area (Å²) in [7, 11) is 0. The molecule has 0 unspecified atom stereocenters. The zero-order valence-electron chi connectivity index (χ0n) is 13.8. The highest BCUT2D eigenvalue weighted by atomic mass is 79.9. The Morgan fingerprint density at radius 2 is 1.77 bits per heavy atom. The van der Waals surface area contributed by atoms with Crippen LogP contribution in [0.5, 0.6) is 0 Å². The summed E-state index contributed by atoms with van der Waals surface area (Å²) in [6.45, 7) is 0. The van der Waals surface area contributed by atoms with E-state index >= 15 is 0 Å². The lowest BCUT2D eigenvalue weighted by Gasteiger charge is -2.51. The Morgan fingerprint density at radius 3 is 2.38 bits per heavy atom. The van der Waals surface area contributed by atoms with E-state index in [2.05, 4.69) is 34.1 Å². The molecule has 2 bridgehead atoms. The van der Waals surface area contributed by atoms with E-state index in [4.69, 9.17) is 14.9 Å². The highest BCUT2D eigenvalue weighted by Crippen LogP contribution is 2.69. The van der Waals surface area contributed by atoms with E-state index in [9.17, 15) is 15.8 Å². The molecule has 4 rings (SSSR count). The summed E-state index contributed by atoms with van der Waals surface area (Å²) in [5.41, 5.74) is -2.86. The molecule has 0 spiro atoms. The number of ether oxygens (including phenoxy) is 2. The van der Waals surface area contributed by atoms with Crippen LogP contribution in [-0.2, 0) is 9.47 Å². The summed E-state index contributed by atoms with van der Waals surface area (Å²) in [6, 6.07) is 13.5. The third kappa shape index (κ3) is 1.79. The van der Waals surface area contributed by atoms with Crippen LogP contribution in [-0.4, -0.2) is 11.7 Å². The van der Waals surface area contributed by atoms with Crippen molar-refractivity contribution in [2.45, 2.75) is 37.6 Å². The van der Waals surface area contributed by atoms with Gasteiger partial charge in [0.1, 0.15) is 6.10 Å². The van der Waals surface area contributed by atoms with Gasteiger partial charge in [0.25, 0.3) is 0 Å². The zero-order valence-corrected chi connectivity index (χ0v) is 15.4. The van der Waals surface area contributed by atoms with Crippen molar-refractivity contribution >= 4 is 21.8 Å². The second-order valence-electron chi connectivity index (χ2n) is 7.04. The molecule has 3 fully saturated rings. The minimum absolute atomic E-state index is 0.311.